The number of nitrogens with one attached hydrogen (secondary N) is 1. The predicted molar refractivity (Wildman–Crippen MR) is 78.1 cm³/mol. The first-order valence-corrected chi connectivity index (χ1v) is 8.68. The van der Waals surface area contributed by atoms with Gasteiger partial charge in [-0.05, 0) is 43.6 Å². The van der Waals surface area contributed by atoms with Gasteiger partial charge in [-0.15, -0.1) is 0 Å². The zero-order valence-corrected chi connectivity index (χ0v) is 12.7. The van der Waals surface area contributed by atoms with E-state index in [-0.39, 0.29) is 23.9 Å². The normalized spacial score (nSPS) is 27.6. The zero-order valence-electron chi connectivity index (χ0n) is 11.9. The summed E-state index contributed by atoms with van der Waals surface area (Å²) in [6.07, 6.45) is 6.90. The van der Waals surface area contributed by atoms with Gasteiger partial charge < -0.3 is 10.2 Å². The van der Waals surface area contributed by atoms with Gasteiger partial charge >= 0.3 is 0 Å². The fraction of sp³-hybridized carbons (Fsp3) is 0.857. The van der Waals surface area contributed by atoms with E-state index in [1.807, 2.05) is 4.90 Å². The third kappa shape index (κ3) is 3.44. The minimum Gasteiger partial charge on any atom is -0.342 e. The summed E-state index contributed by atoms with van der Waals surface area (Å²) in [4.78, 5) is 26.6. The van der Waals surface area contributed by atoms with Crippen molar-refractivity contribution >= 4 is 23.6 Å². The lowest BCUT2D eigenvalue weighted by Crippen LogP contribution is -2.64. The van der Waals surface area contributed by atoms with Gasteiger partial charge in [0.1, 0.15) is 12.1 Å². The van der Waals surface area contributed by atoms with Crippen LogP contribution in [0.1, 0.15) is 39.0 Å². The van der Waals surface area contributed by atoms with E-state index < -0.39 is 0 Å². The van der Waals surface area contributed by atoms with Crippen LogP contribution in [-0.2, 0) is 9.59 Å². The van der Waals surface area contributed by atoms with Gasteiger partial charge in [0.25, 0.3) is 0 Å². The Morgan fingerprint density at radius 3 is 2.68 bits per heavy atom. The highest BCUT2D eigenvalue weighted by Crippen LogP contribution is 2.35. The second-order valence-corrected chi connectivity index (χ2v) is 6.49. The minimum absolute atomic E-state index is 0.0579. The summed E-state index contributed by atoms with van der Waals surface area (Å²) in [5.74, 6) is 1.64. The number of nitrogens with zero attached hydrogens (tertiary/aromatic N) is 1. The highest BCUT2D eigenvalue weighted by atomic mass is 32.2. The summed E-state index contributed by atoms with van der Waals surface area (Å²) in [7, 11) is 0. The summed E-state index contributed by atoms with van der Waals surface area (Å²) in [5, 5.41) is 2.95. The molecule has 4 nitrogen and oxygen atoms in total. The minimum atomic E-state index is -0.241. The Kier molecular flexibility index (Phi) is 5.13. The van der Waals surface area contributed by atoms with Crippen molar-refractivity contribution in [2.24, 2.45) is 5.92 Å². The molecule has 1 aliphatic heterocycles. The zero-order chi connectivity index (χ0) is 13.8. The van der Waals surface area contributed by atoms with Gasteiger partial charge in [-0.2, -0.15) is 11.8 Å². The molecule has 0 radical (unpaired) electrons. The smallest absolute Gasteiger partial charge is 0.246 e. The molecule has 1 saturated heterocycles. The molecular formula is C14H24N2O2S. The number of thioether (sulfide) groups is 1. The Morgan fingerprint density at radius 1 is 1.37 bits per heavy atom. The molecule has 0 aromatic carbocycles. The average molecular weight is 284 g/mol. The molecule has 1 N–H and O–H groups in total. The largest absolute Gasteiger partial charge is 0.342 e. The molecule has 2 amide bonds. The Labute approximate surface area is 119 Å². The van der Waals surface area contributed by atoms with Crippen LogP contribution in [0.3, 0.4) is 0 Å². The molecule has 1 aliphatic carbocycles. The van der Waals surface area contributed by atoms with Crippen LogP contribution in [0.25, 0.3) is 0 Å². The van der Waals surface area contributed by atoms with E-state index in [0.717, 1.165) is 44.4 Å². The highest BCUT2D eigenvalue weighted by Gasteiger charge is 2.46. The number of amides is 2. The molecule has 5 heteroatoms. The quantitative estimate of drug-likeness (QED) is 0.723. The van der Waals surface area contributed by atoms with Crippen LogP contribution in [0.5, 0.6) is 0 Å². The number of hydrogen-bond donors (Lipinski definition) is 1. The summed E-state index contributed by atoms with van der Waals surface area (Å²) in [6, 6.07) is -0.482. The maximum Gasteiger partial charge on any atom is 0.246 e. The van der Waals surface area contributed by atoms with Crippen LogP contribution in [-0.4, -0.2) is 47.4 Å². The van der Waals surface area contributed by atoms with Crippen LogP contribution in [0.2, 0.25) is 0 Å². The molecule has 108 valence electrons. The van der Waals surface area contributed by atoms with Gasteiger partial charge in [0.15, 0.2) is 0 Å². The molecule has 2 unspecified atom stereocenters. The van der Waals surface area contributed by atoms with Gasteiger partial charge in [0, 0.05) is 6.54 Å². The summed E-state index contributed by atoms with van der Waals surface area (Å²) in [6.45, 7) is 2.78. The lowest BCUT2D eigenvalue weighted by atomic mass is 10.0. The van der Waals surface area contributed by atoms with E-state index in [2.05, 4.69) is 18.5 Å². The maximum absolute atomic E-state index is 12.5. The summed E-state index contributed by atoms with van der Waals surface area (Å²) in [5.41, 5.74) is 0. The molecule has 2 atom stereocenters. The molecule has 2 fully saturated rings. The SMILES string of the molecule is CCCC1C(=O)NC(C2CC2)C(=O)N1CCCSC. The summed E-state index contributed by atoms with van der Waals surface area (Å²) >= 11 is 1.79. The molecule has 1 saturated carbocycles. The first-order chi connectivity index (χ1) is 9.19. The number of rotatable bonds is 7. The van der Waals surface area contributed by atoms with E-state index in [1.54, 1.807) is 11.8 Å². The van der Waals surface area contributed by atoms with Crippen molar-refractivity contribution in [3.8, 4) is 0 Å². The topological polar surface area (TPSA) is 49.4 Å². The van der Waals surface area contributed by atoms with Crippen molar-refractivity contribution in [1.29, 1.82) is 0 Å². The fourth-order valence-corrected chi connectivity index (χ4v) is 3.16. The van der Waals surface area contributed by atoms with Crippen molar-refractivity contribution in [3.05, 3.63) is 0 Å². The van der Waals surface area contributed by atoms with Gasteiger partial charge in [0.2, 0.25) is 11.8 Å². The van der Waals surface area contributed by atoms with Crippen molar-refractivity contribution in [1.82, 2.24) is 10.2 Å². The van der Waals surface area contributed by atoms with Gasteiger partial charge in [-0.25, -0.2) is 0 Å². The lowest BCUT2D eigenvalue weighted by molar-refractivity contribution is -0.150. The third-order valence-corrected chi connectivity index (χ3v) is 4.63. The first kappa shape index (κ1) is 14.7. The fourth-order valence-electron chi connectivity index (χ4n) is 2.74. The molecule has 2 aliphatic rings. The molecular weight excluding hydrogens is 260 g/mol. The van der Waals surface area contributed by atoms with Gasteiger partial charge in [0.05, 0.1) is 0 Å². The molecule has 1 heterocycles. The number of hydrogen-bond acceptors (Lipinski definition) is 3. The number of piperazine rings is 1. The first-order valence-electron chi connectivity index (χ1n) is 7.28. The second-order valence-electron chi connectivity index (χ2n) is 5.51. The molecule has 19 heavy (non-hydrogen) atoms. The summed E-state index contributed by atoms with van der Waals surface area (Å²) < 4.78 is 0. The number of carbonyl (C=O) groups is 2. The van der Waals surface area contributed by atoms with Crippen molar-refractivity contribution < 1.29 is 9.59 Å². The van der Waals surface area contributed by atoms with E-state index in [4.69, 9.17) is 0 Å². The molecule has 0 bridgehead atoms. The Bertz CT molecular complexity index is 344. The lowest BCUT2D eigenvalue weighted by Gasteiger charge is -2.39. The van der Waals surface area contributed by atoms with Crippen LogP contribution in [0.15, 0.2) is 0 Å². The standard InChI is InChI=1S/C14H24N2O2S/c1-3-5-11-13(17)15-12(10-6-7-10)14(18)16(11)8-4-9-19-2/h10-12H,3-9H2,1-2H3,(H,15,17). The maximum atomic E-state index is 12.5. The molecule has 2 rings (SSSR count). The Balaban J connectivity index is 2.04. The van der Waals surface area contributed by atoms with Crippen molar-refractivity contribution in [2.45, 2.75) is 51.1 Å². The van der Waals surface area contributed by atoms with Crippen molar-refractivity contribution in [2.75, 3.05) is 18.6 Å². The number of carbonyl (C=O) groups excluding carboxylic acids is 2. The van der Waals surface area contributed by atoms with Crippen LogP contribution in [0, 0.1) is 5.92 Å². The van der Waals surface area contributed by atoms with Crippen LogP contribution < -0.4 is 5.32 Å². The molecule has 0 aromatic rings. The molecule has 0 aromatic heterocycles. The predicted octanol–water partition coefficient (Wildman–Crippen LogP) is 1.65. The van der Waals surface area contributed by atoms with E-state index in [1.165, 1.54) is 0 Å². The van der Waals surface area contributed by atoms with Crippen LogP contribution >= 0.6 is 11.8 Å². The van der Waals surface area contributed by atoms with E-state index >= 15 is 0 Å². The highest BCUT2D eigenvalue weighted by molar-refractivity contribution is 7.98. The van der Waals surface area contributed by atoms with Crippen molar-refractivity contribution in [3.63, 3.8) is 0 Å². The second kappa shape index (κ2) is 6.64. The van der Waals surface area contributed by atoms with Gasteiger partial charge in [-0.3, -0.25) is 9.59 Å². The van der Waals surface area contributed by atoms with Gasteiger partial charge in [-0.1, -0.05) is 13.3 Å². The molecule has 0 spiro atoms. The van der Waals surface area contributed by atoms with E-state index in [0.29, 0.717) is 5.92 Å². The Hall–Kier alpha value is -0.710. The Morgan fingerprint density at radius 2 is 2.11 bits per heavy atom. The average Bonchev–Trinajstić information content (AvgIpc) is 3.21. The third-order valence-electron chi connectivity index (χ3n) is 3.93. The van der Waals surface area contributed by atoms with E-state index in [9.17, 15) is 9.59 Å². The monoisotopic (exact) mass is 284 g/mol. The van der Waals surface area contributed by atoms with Crippen LogP contribution in [0.4, 0.5) is 0 Å².